The fourth-order valence-electron chi connectivity index (χ4n) is 2.81. The zero-order valence-electron chi connectivity index (χ0n) is 13.9. The zero-order valence-corrected chi connectivity index (χ0v) is 14.7. The average Bonchev–Trinajstić information content (AvgIpc) is 3.04. The first-order valence-corrected chi connectivity index (χ1v) is 9.36. The summed E-state index contributed by atoms with van der Waals surface area (Å²) in [4.78, 5) is 0. The number of ether oxygens (including phenoxy) is 3. The highest BCUT2D eigenvalue weighted by Gasteiger charge is 2.19. The number of rotatable bonds is 5. The first-order valence-electron chi connectivity index (χ1n) is 8.42. The molecule has 3 nitrogen and oxygen atoms in total. The minimum atomic E-state index is 0.251. The van der Waals surface area contributed by atoms with Gasteiger partial charge in [-0.3, -0.25) is 0 Å². The molecule has 0 aliphatic carbocycles. The maximum absolute atomic E-state index is 5.88. The van der Waals surface area contributed by atoms with Crippen molar-refractivity contribution < 1.29 is 14.2 Å². The molecule has 0 saturated heterocycles. The highest BCUT2D eigenvalue weighted by atomic mass is 32.1. The van der Waals surface area contributed by atoms with Crippen LogP contribution in [0.15, 0.2) is 65.4 Å². The molecule has 0 radical (unpaired) electrons. The van der Waals surface area contributed by atoms with Crippen molar-refractivity contribution in [3.63, 3.8) is 0 Å². The standard InChI is InChI=1S/C21H20O3S/c1-2-4-18(5-3-1)19-8-6-16(7-9-19)10-22-11-17-12-23-20-14-25-15-21(20)24-13-17/h1-9,14-15,17H,10-13H2. The van der Waals surface area contributed by atoms with Gasteiger partial charge < -0.3 is 14.2 Å². The van der Waals surface area contributed by atoms with E-state index in [1.165, 1.54) is 16.7 Å². The minimum absolute atomic E-state index is 0.251. The summed E-state index contributed by atoms with van der Waals surface area (Å²) < 4.78 is 17.4. The van der Waals surface area contributed by atoms with E-state index in [0.717, 1.165) is 11.5 Å². The summed E-state index contributed by atoms with van der Waals surface area (Å²) in [6.07, 6.45) is 0. The van der Waals surface area contributed by atoms with Crippen LogP contribution in [0, 0.1) is 5.92 Å². The van der Waals surface area contributed by atoms with Crippen LogP contribution in [0.5, 0.6) is 11.5 Å². The molecule has 1 aromatic heterocycles. The largest absolute Gasteiger partial charge is 0.488 e. The summed E-state index contributed by atoms with van der Waals surface area (Å²) in [6, 6.07) is 18.9. The smallest absolute Gasteiger partial charge is 0.171 e. The van der Waals surface area contributed by atoms with Gasteiger partial charge in [0.2, 0.25) is 0 Å². The summed E-state index contributed by atoms with van der Waals surface area (Å²) in [5, 5.41) is 3.96. The Morgan fingerprint density at radius 3 is 2.16 bits per heavy atom. The van der Waals surface area contributed by atoms with Crippen LogP contribution < -0.4 is 9.47 Å². The quantitative estimate of drug-likeness (QED) is 0.645. The lowest BCUT2D eigenvalue weighted by molar-refractivity contribution is 0.0557. The van der Waals surface area contributed by atoms with Gasteiger partial charge in [-0.25, -0.2) is 0 Å². The molecule has 0 unspecified atom stereocenters. The van der Waals surface area contributed by atoms with Gasteiger partial charge in [-0.2, -0.15) is 0 Å². The van der Waals surface area contributed by atoms with Crippen LogP contribution in [-0.4, -0.2) is 19.8 Å². The van der Waals surface area contributed by atoms with Crippen LogP contribution in [-0.2, 0) is 11.3 Å². The molecule has 0 saturated carbocycles. The summed E-state index contributed by atoms with van der Waals surface area (Å²) >= 11 is 1.60. The van der Waals surface area contributed by atoms with Crippen LogP contribution in [0.3, 0.4) is 0 Å². The molecule has 128 valence electrons. The van der Waals surface area contributed by atoms with E-state index in [1.54, 1.807) is 11.3 Å². The Hall–Kier alpha value is -2.30. The maximum atomic E-state index is 5.88. The van der Waals surface area contributed by atoms with Crippen molar-refractivity contribution in [3.05, 3.63) is 70.9 Å². The molecule has 3 aromatic rings. The number of benzene rings is 2. The molecular formula is C21H20O3S. The average molecular weight is 352 g/mol. The second-order valence-electron chi connectivity index (χ2n) is 6.17. The Morgan fingerprint density at radius 2 is 1.48 bits per heavy atom. The number of thiophene rings is 1. The molecule has 2 aromatic carbocycles. The van der Waals surface area contributed by atoms with Crippen LogP contribution in [0.2, 0.25) is 0 Å². The Bertz CT molecular complexity index is 773. The van der Waals surface area contributed by atoms with Gasteiger partial charge in [0.05, 0.1) is 32.3 Å². The third-order valence-electron chi connectivity index (χ3n) is 4.23. The highest BCUT2D eigenvalue weighted by Crippen LogP contribution is 2.34. The van der Waals surface area contributed by atoms with E-state index in [-0.39, 0.29) is 5.92 Å². The molecule has 0 spiro atoms. The van der Waals surface area contributed by atoms with Crippen molar-refractivity contribution in [1.29, 1.82) is 0 Å². The van der Waals surface area contributed by atoms with E-state index in [0.29, 0.717) is 26.4 Å². The third kappa shape index (κ3) is 4.03. The molecule has 0 atom stereocenters. The SMILES string of the molecule is c1ccc(-c2ccc(COCC3COc4cscc4OC3)cc2)cc1. The number of hydrogen-bond donors (Lipinski definition) is 0. The Kier molecular flexibility index (Phi) is 5.00. The zero-order chi connectivity index (χ0) is 16.9. The first kappa shape index (κ1) is 16.2. The lowest BCUT2D eigenvalue weighted by Gasteiger charge is -2.14. The Labute approximate surface area is 151 Å². The van der Waals surface area contributed by atoms with Crippen LogP contribution in [0.4, 0.5) is 0 Å². The predicted molar refractivity (Wildman–Crippen MR) is 100 cm³/mol. The first-order chi connectivity index (χ1) is 12.4. The normalized spacial score (nSPS) is 14.2. The van der Waals surface area contributed by atoms with Gasteiger partial charge in [0.15, 0.2) is 11.5 Å². The van der Waals surface area contributed by atoms with Crippen molar-refractivity contribution in [2.75, 3.05) is 19.8 Å². The minimum Gasteiger partial charge on any atom is -0.488 e. The number of hydrogen-bond acceptors (Lipinski definition) is 4. The van der Waals surface area contributed by atoms with E-state index in [2.05, 4.69) is 48.5 Å². The van der Waals surface area contributed by atoms with Gasteiger partial charge >= 0.3 is 0 Å². The molecule has 25 heavy (non-hydrogen) atoms. The predicted octanol–water partition coefficient (Wildman–Crippen LogP) is 5.02. The molecular weight excluding hydrogens is 332 g/mol. The molecule has 1 aliphatic heterocycles. The van der Waals surface area contributed by atoms with Gasteiger partial charge in [0, 0.05) is 10.8 Å². The summed E-state index contributed by atoms with van der Waals surface area (Å²) in [7, 11) is 0. The fraction of sp³-hybridized carbons (Fsp3) is 0.238. The second-order valence-corrected chi connectivity index (χ2v) is 6.91. The topological polar surface area (TPSA) is 27.7 Å². The van der Waals surface area contributed by atoms with E-state index in [1.807, 2.05) is 16.8 Å². The van der Waals surface area contributed by atoms with E-state index in [4.69, 9.17) is 14.2 Å². The van der Waals surface area contributed by atoms with Crippen LogP contribution in [0.1, 0.15) is 5.56 Å². The molecule has 0 amide bonds. The fourth-order valence-corrected chi connectivity index (χ4v) is 3.49. The van der Waals surface area contributed by atoms with Crippen molar-refractivity contribution >= 4 is 11.3 Å². The van der Waals surface area contributed by atoms with Crippen molar-refractivity contribution in [1.82, 2.24) is 0 Å². The van der Waals surface area contributed by atoms with Crippen molar-refractivity contribution in [3.8, 4) is 22.6 Å². The Morgan fingerprint density at radius 1 is 0.840 bits per heavy atom. The molecule has 4 heteroatoms. The van der Waals surface area contributed by atoms with Crippen molar-refractivity contribution in [2.24, 2.45) is 5.92 Å². The van der Waals surface area contributed by atoms with E-state index < -0.39 is 0 Å². The lowest BCUT2D eigenvalue weighted by atomic mass is 10.0. The van der Waals surface area contributed by atoms with Gasteiger partial charge in [-0.1, -0.05) is 54.6 Å². The summed E-state index contributed by atoms with van der Waals surface area (Å²) in [6.45, 7) is 2.51. The van der Waals surface area contributed by atoms with E-state index >= 15 is 0 Å². The molecule has 2 heterocycles. The molecule has 0 fully saturated rings. The maximum Gasteiger partial charge on any atom is 0.171 e. The summed E-state index contributed by atoms with van der Waals surface area (Å²) in [5.41, 5.74) is 3.63. The van der Waals surface area contributed by atoms with E-state index in [9.17, 15) is 0 Å². The molecule has 0 bridgehead atoms. The third-order valence-corrected chi connectivity index (χ3v) is 4.93. The highest BCUT2D eigenvalue weighted by molar-refractivity contribution is 7.08. The van der Waals surface area contributed by atoms with Crippen molar-refractivity contribution in [2.45, 2.75) is 6.61 Å². The second kappa shape index (κ2) is 7.72. The van der Waals surface area contributed by atoms with Gasteiger partial charge in [0.1, 0.15) is 0 Å². The molecule has 1 aliphatic rings. The van der Waals surface area contributed by atoms with Gasteiger partial charge in [-0.05, 0) is 16.7 Å². The number of fused-ring (bicyclic) bond motifs is 1. The van der Waals surface area contributed by atoms with Crippen LogP contribution >= 0.6 is 11.3 Å². The van der Waals surface area contributed by atoms with Crippen LogP contribution in [0.25, 0.3) is 11.1 Å². The molecule has 4 rings (SSSR count). The van der Waals surface area contributed by atoms with Gasteiger partial charge in [-0.15, -0.1) is 11.3 Å². The van der Waals surface area contributed by atoms with Gasteiger partial charge in [0.25, 0.3) is 0 Å². The monoisotopic (exact) mass is 352 g/mol. The Balaban J connectivity index is 1.27. The molecule has 0 N–H and O–H groups in total. The lowest BCUT2D eigenvalue weighted by Crippen LogP contribution is -2.22. The summed E-state index contributed by atoms with van der Waals surface area (Å²) in [5.74, 6) is 1.95.